The van der Waals surface area contributed by atoms with Gasteiger partial charge in [-0.25, -0.2) is 0 Å². The van der Waals surface area contributed by atoms with Gasteiger partial charge in [-0.2, -0.15) is 0 Å². The number of methoxy groups -OCH3 is 2. The fraction of sp³-hybridized carbons (Fsp3) is 0.359. The molecule has 0 saturated heterocycles. The molecule has 0 heterocycles. The first-order chi connectivity index (χ1) is 22.6. The zero-order valence-electron chi connectivity index (χ0n) is 28.6. The Bertz CT molecular complexity index is 1480. The van der Waals surface area contributed by atoms with Crippen LogP contribution < -0.4 is 10.6 Å². The van der Waals surface area contributed by atoms with Crippen molar-refractivity contribution in [3.8, 4) is 0 Å². The van der Waals surface area contributed by atoms with Crippen molar-refractivity contribution in [2.75, 3.05) is 21.3 Å². The van der Waals surface area contributed by atoms with Gasteiger partial charge >= 0.3 is 5.97 Å². The zero-order chi connectivity index (χ0) is 34.9. The first-order valence-corrected chi connectivity index (χ1v) is 17.1. The van der Waals surface area contributed by atoms with Gasteiger partial charge in [0.1, 0.15) is 18.0 Å². The maximum Gasteiger partial charge on any atom is 0.316 e. The van der Waals surface area contributed by atoms with Gasteiger partial charge < -0.3 is 14.3 Å². The highest BCUT2D eigenvalue weighted by atomic mass is 31.1. The average molecular weight is 659 g/mol. The molecule has 0 spiro atoms. The quantitative estimate of drug-likeness (QED) is 0.0485. The lowest BCUT2D eigenvalue weighted by molar-refractivity contribution is -0.151. The molecule has 250 valence electrons. The Morgan fingerprint density at radius 1 is 0.809 bits per heavy atom. The first-order valence-electron chi connectivity index (χ1n) is 15.8. The molecule has 0 radical (unpaired) electrons. The number of carbonyl (C=O) groups excluding carboxylic acids is 5. The molecule has 1 aliphatic carbocycles. The van der Waals surface area contributed by atoms with E-state index in [9.17, 15) is 24.0 Å². The molecule has 2 atom stereocenters. The number of Topliss-reactive ketones (excluding diaryl/α,β-unsaturated/α-hetero) is 2. The van der Waals surface area contributed by atoms with Crippen LogP contribution in [0.15, 0.2) is 78.9 Å². The van der Waals surface area contributed by atoms with E-state index in [1.54, 1.807) is 28.1 Å². The molecule has 8 heteroatoms. The fourth-order valence-corrected chi connectivity index (χ4v) is 7.66. The maximum absolute atomic E-state index is 14.3. The second kappa shape index (κ2) is 20.2. The van der Waals surface area contributed by atoms with Crippen molar-refractivity contribution in [1.29, 1.82) is 0 Å². The lowest BCUT2D eigenvalue weighted by atomic mass is 9.81. The average Bonchev–Trinajstić information content (AvgIpc) is 3.01. The largest absolute Gasteiger partial charge is 0.468 e. The highest BCUT2D eigenvalue weighted by Crippen LogP contribution is 2.41. The molecule has 7 nitrogen and oxygen atoms in total. The minimum Gasteiger partial charge on any atom is -0.468 e. The number of allylic oxidation sites excluding steroid dienone is 2. The minimum atomic E-state index is -1.43. The molecular weight excluding hydrogens is 611 g/mol. The van der Waals surface area contributed by atoms with Gasteiger partial charge in [-0.05, 0) is 67.3 Å². The summed E-state index contributed by atoms with van der Waals surface area (Å²) in [6, 6.07) is 21.0. The molecule has 2 unspecified atom stereocenters. The predicted molar refractivity (Wildman–Crippen MR) is 189 cm³/mol. The van der Waals surface area contributed by atoms with Gasteiger partial charge in [0.25, 0.3) is 0 Å². The summed E-state index contributed by atoms with van der Waals surface area (Å²) in [5, 5.41) is 1.80. The fourth-order valence-electron chi connectivity index (χ4n) is 5.39. The Morgan fingerprint density at radius 2 is 1.28 bits per heavy atom. The first kappa shape index (κ1) is 39.1. The van der Waals surface area contributed by atoms with Crippen LogP contribution in [0.2, 0.25) is 0 Å². The van der Waals surface area contributed by atoms with Gasteiger partial charge in [0.15, 0.2) is 11.3 Å². The number of hydrogen-bond acceptors (Lipinski definition) is 7. The number of aryl methyl sites for hydroxylation is 2. The van der Waals surface area contributed by atoms with E-state index in [-0.39, 0.29) is 24.1 Å². The van der Waals surface area contributed by atoms with Gasteiger partial charge in [0.2, 0.25) is 0 Å². The third kappa shape index (κ3) is 10.7. The summed E-state index contributed by atoms with van der Waals surface area (Å²) in [5.74, 6) is -4.08. The summed E-state index contributed by atoms with van der Waals surface area (Å²) in [6.45, 7) is 7.22. The second-order valence-electron chi connectivity index (χ2n) is 11.3. The summed E-state index contributed by atoms with van der Waals surface area (Å²) in [6.07, 6.45) is 7.70. The number of hydrogen-bond donors (Lipinski definition) is 0. The van der Waals surface area contributed by atoms with Crippen LogP contribution >= 0.6 is 7.92 Å². The summed E-state index contributed by atoms with van der Waals surface area (Å²) in [7, 11) is 2.97. The molecule has 3 aromatic rings. The summed E-state index contributed by atoms with van der Waals surface area (Å²) in [5.41, 5.74) is 2.71. The Balaban J connectivity index is 0.000000982. The number of ether oxygens (including phenoxy) is 2. The van der Waals surface area contributed by atoms with Crippen LogP contribution in [0.1, 0.15) is 76.4 Å². The van der Waals surface area contributed by atoms with Crippen LogP contribution in [0.4, 0.5) is 0 Å². The van der Waals surface area contributed by atoms with Crippen LogP contribution in [-0.2, 0) is 23.9 Å². The third-order valence-electron chi connectivity index (χ3n) is 7.73. The molecule has 0 saturated carbocycles. The van der Waals surface area contributed by atoms with Gasteiger partial charge in [0.05, 0.1) is 7.11 Å². The number of aldehydes is 1. The topological polar surface area (TPSA) is 104 Å². The number of carbonyl (C=O) groups is 5. The molecule has 3 aromatic carbocycles. The van der Waals surface area contributed by atoms with Crippen molar-refractivity contribution >= 4 is 47.9 Å². The Hall–Kier alpha value is -4.06. The zero-order valence-corrected chi connectivity index (χ0v) is 29.5. The molecule has 47 heavy (non-hydrogen) atoms. The van der Waals surface area contributed by atoms with Crippen molar-refractivity contribution in [3.05, 3.63) is 107 Å². The lowest BCUT2D eigenvalue weighted by Gasteiger charge is -2.23. The monoisotopic (exact) mass is 658 g/mol. The van der Waals surface area contributed by atoms with E-state index in [0.29, 0.717) is 35.0 Å². The van der Waals surface area contributed by atoms with Crippen LogP contribution in [0.5, 0.6) is 0 Å². The lowest BCUT2D eigenvalue weighted by Crippen LogP contribution is -2.34. The number of benzene rings is 3. The van der Waals surface area contributed by atoms with E-state index < -0.39 is 31.5 Å². The van der Waals surface area contributed by atoms with E-state index in [4.69, 9.17) is 4.74 Å². The van der Waals surface area contributed by atoms with Crippen molar-refractivity contribution in [2.24, 2.45) is 11.8 Å². The highest BCUT2D eigenvalue weighted by molar-refractivity contribution is 7.88. The summed E-state index contributed by atoms with van der Waals surface area (Å²) in [4.78, 5) is 65.2. The number of rotatable bonds is 13. The van der Waals surface area contributed by atoms with Crippen molar-refractivity contribution in [3.63, 3.8) is 0 Å². The summed E-state index contributed by atoms with van der Waals surface area (Å²) >= 11 is 0. The number of ketones is 2. The van der Waals surface area contributed by atoms with Gasteiger partial charge in [-0.1, -0.05) is 85.8 Å². The van der Waals surface area contributed by atoms with Gasteiger partial charge in [-0.3, -0.25) is 19.2 Å². The van der Waals surface area contributed by atoms with Crippen LogP contribution in [0.3, 0.4) is 0 Å². The van der Waals surface area contributed by atoms with Crippen molar-refractivity contribution < 1.29 is 33.4 Å². The smallest absolute Gasteiger partial charge is 0.316 e. The van der Waals surface area contributed by atoms with E-state index in [2.05, 4.69) is 16.9 Å². The molecule has 1 aliphatic rings. The van der Waals surface area contributed by atoms with Gasteiger partial charge in [0, 0.05) is 52.0 Å². The van der Waals surface area contributed by atoms with Crippen LogP contribution in [0.25, 0.3) is 0 Å². The third-order valence-corrected chi connectivity index (χ3v) is 9.99. The van der Waals surface area contributed by atoms with Gasteiger partial charge in [-0.15, -0.1) is 0 Å². The van der Waals surface area contributed by atoms with E-state index in [0.717, 1.165) is 23.3 Å². The summed E-state index contributed by atoms with van der Waals surface area (Å²) < 4.78 is 9.00. The molecule has 0 aliphatic heterocycles. The standard InChI is InChI=1S/C33H35O6P.C4H6.C2H6O/c1-6-13-28(35)26(27(20-34)32(37)39-5)19-29(36)30-21(2)18-22(3)31(23(30)4)33(38)40(24-14-9-7-10-15-24)25-16-11-8-12-17-25;1-2-4-3-1;1-3-2/h7-12,14-18,20,26-27H,6,13,19H2,1-5H3;1-2H,3-4H2;1-2H3. The maximum atomic E-state index is 14.3. The SMILES string of the molecule is C1=CCC1.CCCC(=O)C(CC(=O)c1c(C)cc(C)c(C(=O)P(c2ccccc2)c2ccccc2)c1C)C(C=O)C(=O)OC.COC. The molecule has 0 bridgehead atoms. The molecular formula is C39H47O7P. The normalized spacial score (nSPS) is 12.7. The molecule has 0 fully saturated rings. The van der Waals surface area contributed by atoms with E-state index >= 15 is 0 Å². The minimum absolute atomic E-state index is 0.0737. The molecule has 0 N–H and O–H groups in total. The van der Waals surface area contributed by atoms with E-state index in [1.165, 1.54) is 12.8 Å². The molecule has 0 amide bonds. The molecule has 0 aromatic heterocycles. The van der Waals surface area contributed by atoms with Crippen molar-refractivity contribution in [2.45, 2.75) is 59.8 Å². The highest BCUT2D eigenvalue weighted by Gasteiger charge is 2.37. The Kier molecular flexibility index (Phi) is 16.8. The second-order valence-corrected chi connectivity index (χ2v) is 13.4. The Morgan fingerprint density at radius 3 is 1.68 bits per heavy atom. The predicted octanol–water partition coefficient (Wildman–Crippen LogP) is 7.03. The van der Waals surface area contributed by atoms with Crippen LogP contribution in [0, 0.1) is 32.6 Å². The molecule has 4 rings (SSSR count). The number of esters is 1. The Labute approximate surface area is 280 Å². The van der Waals surface area contributed by atoms with Crippen molar-refractivity contribution in [1.82, 2.24) is 0 Å². The van der Waals surface area contributed by atoms with Crippen LogP contribution in [-0.4, -0.2) is 50.7 Å². The van der Waals surface area contributed by atoms with E-state index in [1.807, 2.05) is 80.6 Å².